The van der Waals surface area contributed by atoms with Crippen LogP contribution in [0.25, 0.3) is 0 Å². The molecule has 3 fully saturated rings. The molecule has 27 heavy (non-hydrogen) atoms. The molecule has 0 aromatic carbocycles. The average molecular weight is 371 g/mol. The van der Waals surface area contributed by atoms with Crippen LogP contribution in [0.15, 0.2) is 24.5 Å². The summed E-state index contributed by atoms with van der Waals surface area (Å²) in [4.78, 5) is 32.1. The van der Waals surface area contributed by atoms with Gasteiger partial charge in [0.05, 0.1) is 12.7 Å². The van der Waals surface area contributed by atoms with Gasteiger partial charge in [0.1, 0.15) is 17.9 Å². The minimum absolute atomic E-state index is 0.0254. The first kappa shape index (κ1) is 18.3. The van der Waals surface area contributed by atoms with Crippen molar-refractivity contribution in [3.63, 3.8) is 0 Å². The Hall–Kier alpha value is -2.11. The molecule has 0 bridgehead atoms. The Morgan fingerprint density at radius 2 is 2.04 bits per heavy atom. The normalized spacial score (nSPS) is 27.2. The molecule has 6 heteroatoms. The Morgan fingerprint density at radius 1 is 1.26 bits per heavy atom. The van der Waals surface area contributed by atoms with Crippen molar-refractivity contribution < 1.29 is 14.3 Å². The third-order valence-corrected chi connectivity index (χ3v) is 6.16. The Morgan fingerprint density at radius 3 is 2.70 bits per heavy atom. The quantitative estimate of drug-likeness (QED) is 0.864. The second-order valence-electron chi connectivity index (χ2n) is 8.54. The smallest absolute Gasteiger partial charge is 0.243 e. The lowest BCUT2D eigenvalue weighted by Crippen LogP contribution is -2.51. The number of aromatic nitrogens is 1. The molecular formula is C21H29N3O3. The number of carbonyl (C=O) groups is 2. The molecule has 0 unspecified atom stereocenters. The van der Waals surface area contributed by atoms with Crippen LogP contribution in [-0.2, 0) is 9.59 Å². The summed E-state index contributed by atoms with van der Waals surface area (Å²) in [5, 5.41) is 3.08. The van der Waals surface area contributed by atoms with E-state index in [9.17, 15) is 9.59 Å². The number of hydrogen-bond acceptors (Lipinski definition) is 4. The third-order valence-electron chi connectivity index (χ3n) is 6.16. The number of likely N-dealkylation sites (tertiary alicyclic amines) is 1. The standard InChI is InChI=1S/C21H29N3O3/c1-21(9-3-2-4-10-21)20(26)24-14-17(27-16-6-5-11-22-13-16)12-18(24)19(25)23-15-7-8-15/h5-6,11,13,15,17-18H,2-4,7-10,12,14H2,1H3,(H,23,25)/t17-,18-/m0/s1. The van der Waals surface area contributed by atoms with Crippen LogP contribution in [-0.4, -0.2) is 46.4 Å². The van der Waals surface area contributed by atoms with Gasteiger partial charge in [-0.05, 0) is 37.8 Å². The molecule has 3 aliphatic rings. The van der Waals surface area contributed by atoms with Crippen molar-refractivity contribution >= 4 is 11.8 Å². The van der Waals surface area contributed by atoms with E-state index in [0.717, 1.165) is 38.5 Å². The summed E-state index contributed by atoms with van der Waals surface area (Å²) in [5.41, 5.74) is -0.348. The summed E-state index contributed by atoms with van der Waals surface area (Å²) >= 11 is 0. The molecular weight excluding hydrogens is 342 g/mol. The molecule has 0 spiro atoms. The van der Waals surface area contributed by atoms with E-state index < -0.39 is 6.04 Å². The fourth-order valence-corrected chi connectivity index (χ4v) is 4.38. The topological polar surface area (TPSA) is 71.5 Å². The lowest BCUT2D eigenvalue weighted by molar-refractivity contribution is -0.147. The SMILES string of the molecule is CC1(C(=O)N2C[C@@H](Oc3cccnc3)C[C@H]2C(=O)NC2CC2)CCCCC1. The van der Waals surface area contributed by atoms with E-state index in [-0.39, 0.29) is 29.4 Å². The van der Waals surface area contributed by atoms with Crippen LogP contribution in [0, 0.1) is 5.41 Å². The van der Waals surface area contributed by atoms with Gasteiger partial charge in [0.25, 0.3) is 0 Å². The maximum absolute atomic E-state index is 13.4. The summed E-state index contributed by atoms with van der Waals surface area (Å²) < 4.78 is 6.04. The van der Waals surface area contributed by atoms with Crippen LogP contribution >= 0.6 is 0 Å². The second kappa shape index (κ2) is 7.49. The van der Waals surface area contributed by atoms with Crippen LogP contribution < -0.4 is 10.1 Å². The zero-order valence-corrected chi connectivity index (χ0v) is 16.0. The Bertz CT molecular complexity index is 683. The van der Waals surface area contributed by atoms with Gasteiger partial charge in [-0.3, -0.25) is 14.6 Å². The molecule has 1 aromatic heterocycles. The fraction of sp³-hybridized carbons (Fsp3) is 0.667. The Labute approximate surface area is 160 Å². The fourth-order valence-electron chi connectivity index (χ4n) is 4.38. The van der Waals surface area contributed by atoms with Crippen LogP contribution in [0.2, 0.25) is 0 Å². The minimum atomic E-state index is -0.432. The maximum Gasteiger partial charge on any atom is 0.243 e. The van der Waals surface area contributed by atoms with Crippen molar-refractivity contribution in [3.8, 4) is 5.75 Å². The predicted molar refractivity (Wildman–Crippen MR) is 101 cm³/mol. The van der Waals surface area contributed by atoms with Crippen molar-refractivity contribution in [2.24, 2.45) is 5.41 Å². The minimum Gasteiger partial charge on any atom is -0.487 e. The van der Waals surface area contributed by atoms with E-state index >= 15 is 0 Å². The summed E-state index contributed by atoms with van der Waals surface area (Å²) in [6.07, 6.45) is 11.0. The molecule has 2 atom stereocenters. The van der Waals surface area contributed by atoms with E-state index in [1.165, 1.54) is 6.42 Å². The molecule has 1 N–H and O–H groups in total. The van der Waals surface area contributed by atoms with Gasteiger partial charge in [0.2, 0.25) is 11.8 Å². The largest absolute Gasteiger partial charge is 0.487 e. The number of hydrogen-bond donors (Lipinski definition) is 1. The highest BCUT2D eigenvalue weighted by Gasteiger charge is 2.47. The Kier molecular flexibility index (Phi) is 5.06. The van der Waals surface area contributed by atoms with Gasteiger partial charge in [-0.1, -0.05) is 26.2 Å². The van der Waals surface area contributed by atoms with Crippen LogP contribution in [0.4, 0.5) is 0 Å². The zero-order chi connectivity index (χ0) is 18.9. The Balaban J connectivity index is 1.50. The molecule has 0 radical (unpaired) electrons. The molecule has 1 saturated heterocycles. The van der Waals surface area contributed by atoms with Crippen LogP contribution in [0.3, 0.4) is 0 Å². The summed E-state index contributed by atoms with van der Waals surface area (Å²) in [5.74, 6) is 0.778. The molecule has 2 saturated carbocycles. The highest BCUT2D eigenvalue weighted by molar-refractivity contribution is 5.91. The van der Waals surface area contributed by atoms with Crippen molar-refractivity contribution in [3.05, 3.63) is 24.5 Å². The van der Waals surface area contributed by atoms with E-state index in [4.69, 9.17) is 4.74 Å². The first-order valence-corrected chi connectivity index (χ1v) is 10.2. The lowest BCUT2D eigenvalue weighted by Gasteiger charge is -2.37. The average Bonchev–Trinajstić information content (AvgIpc) is 3.39. The molecule has 2 aliphatic carbocycles. The first-order valence-electron chi connectivity index (χ1n) is 10.2. The number of nitrogens with one attached hydrogen (secondary N) is 1. The molecule has 1 aromatic rings. The van der Waals surface area contributed by atoms with Gasteiger partial charge in [0, 0.05) is 24.1 Å². The third kappa shape index (κ3) is 4.09. The molecule has 1 aliphatic heterocycles. The van der Waals surface area contributed by atoms with Crippen LogP contribution in [0.5, 0.6) is 5.75 Å². The number of nitrogens with zero attached hydrogens (tertiary/aromatic N) is 2. The van der Waals surface area contributed by atoms with Gasteiger partial charge in [0.15, 0.2) is 0 Å². The van der Waals surface area contributed by atoms with Crippen LogP contribution in [0.1, 0.15) is 58.3 Å². The number of rotatable bonds is 5. The molecule has 4 rings (SSSR count). The number of carbonyl (C=O) groups excluding carboxylic acids is 2. The summed E-state index contributed by atoms with van der Waals surface area (Å²) in [7, 11) is 0. The second-order valence-corrected chi connectivity index (χ2v) is 8.54. The van der Waals surface area contributed by atoms with Gasteiger partial charge in [-0.15, -0.1) is 0 Å². The highest BCUT2D eigenvalue weighted by atomic mass is 16.5. The first-order chi connectivity index (χ1) is 13.0. The van der Waals surface area contributed by atoms with Crippen molar-refractivity contribution in [2.45, 2.75) is 76.5 Å². The molecule has 2 amide bonds. The van der Waals surface area contributed by atoms with Gasteiger partial charge in [-0.25, -0.2) is 0 Å². The van der Waals surface area contributed by atoms with E-state index in [1.54, 1.807) is 17.3 Å². The zero-order valence-electron chi connectivity index (χ0n) is 16.0. The number of pyridine rings is 1. The van der Waals surface area contributed by atoms with Gasteiger partial charge >= 0.3 is 0 Å². The summed E-state index contributed by atoms with van der Waals surface area (Å²) in [6, 6.07) is 3.55. The molecule has 6 nitrogen and oxygen atoms in total. The summed E-state index contributed by atoms with van der Waals surface area (Å²) in [6.45, 7) is 2.53. The van der Waals surface area contributed by atoms with Crippen molar-refractivity contribution in [1.29, 1.82) is 0 Å². The lowest BCUT2D eigenvalue weighted by atomic mass is 9.74. The van der Waals surface area contributed by atoms with E-state index in [0.29, 0.717) is 18.7 Å². The highest BCUT2D eigenvalue weighted by Crippen LogP contribution is 2.39. The predicted octanol–water partition coefficient (Wildman–Crippen LogP) is 2.68. The monoisotopic (exact) mass is 371 g/mol. The van der Waals surface area contributed by atoms with Gasteiger partial charge in [-0.2, -0.15) is 0 Å². The molecule has 146 valence electrons. The van der Waals surface area contributed by atoms with Crippen molar-refractivity contribution in [2.75, 3.05) is 6.54 Å². The maximum atomic E-state index is 13.4. The van der Waals surface area contributed by atoms with Gasteiger partial charge < -0.3 is 15.0 Å². The van der Waals surface area contributed by atoms with E-state index in [1.807, 2.05) is 12.1 Å². The van der Waals surface area contributed by atoms with E-state index in [2.05, 4.69) is 17.2 Å². The number of amides is 2. The molecule has 2 heterocycles. The van der Waals surface area contributed by atoms with Crippen molar-refractivity contribution in [1.82, 2.24) is 15.2 Å². The number of ether oxygens (including phenoxy) is 1.